The van der Waals surface area contributed by atoms with Gasteiger partial charge in [-0.15, -0.1) is 0 Å². The van der Waals surface area contributed by atoms with Crippen molar-refractivity contribution in [1.82, 2.24) is 0 Å². The second kappa shape index (κ2) is 7.67. The molecule has 0 radical (unpaired) electrons. The van der Waals surface area contributed by atoms with E-state index < -0.39 is 8.03 Å². The molecule has 84 valence electrons. The minimum atomic E-state index is -2.00. The van der Waals surface area contributed by atoms with Crippen LogP contribution in [0.4, 0.5) is 0 Å². The van der Waals surface area contributed by atoms with Crippen LogP contribution in [0, 0.1) is 0 Å². The van der Waals surface area contributed by atoms with E-state index in [1.54, 1.807) is 0 Å². The van der Waals surface area contributed by atoms with E-state index in [9.17, 15) is 4.57 Å². The fraction of sp³-hybridized carbons (Fsp3) is 0.500. The number of hydrogen-bond donors (Lipinski definition) is 0. The molecule has 0 aromatic heterocycles. The molecule has 1 atom stereocenters. The van der Waals surface area contributed by atoms with Crippen LogP contribution in [-0.4, -0.2) is 6.61 Å². The van der Waals surface area contributed by atoms with Crippen LogP contribution >= 0.6 is 8.03 Å². The van der Waals surface area contributed by atoms with E-state index in [4.69, 9.17) is 4.52 Å². The van der Waals surface area contributed by atoms with Gasteiger partial charge >= 0.3 is 0 Å². The zero-order valence-electron chi connectivity index (χ0n) is 9.24. The molecule has 0 aliphatic heterocycles. The molecule has 15 heavy (non-hydrogen) atoms. The smallest absolute Gasteiger partial charge is 0.220 e. The first-order valence-corrected chi connectivity index (χ1v) is 6.88. The molecule has 0 fully saturated rings. The molecule has 0 bridgehead atoms. The Morgan fingerprint density at radius 1 is 1.13 bits per heavy atom. The van der Waals surface area contributed by atoms with Gasteiger partial charge in [0.05, 0.1) is 6.61 Å². The lowest BCUT2D eigenvalue weighted by atomic mass is 10.2. The standard InChI is InChI=1S/C12H19O2P/c1-2-3-4-8-11-14-15(13)12-9-6-5-7-10-12/h5-7,9-10,15H,2-4,8,11H2,1H3. The zero-order valence-corrected chi connectivity index (χ0v) is 10.2. The third-order valence-corrected chi connectivity index (χ3v) is 3.51. The summed E-state index contributed by atoms with van der Waals surface area (Å²) in [5.74, 6) is 0. The van der Waals surface area contributed by atoms with Gasteiger partial charge in [0.25, 0.3) is 0 Å². The number of unbranched alkanes of at least 4 members (excludes halogenated alkanes) is 3. The highest BCUT2D eigenvalue weighted by Crippen LogP contribution is 2.21. The molecule has 0 aliphatic rings. The normalized spacial score (nSPS) is 12.6. The summed E-state index contributed by atoms with van der Waals surface area (Å²) in [5.41, 5.74) is 0. The van der Waals surface area contributed by atoms with Gasteiger partial charge in [0.15, 0.2) is 0 Å². The summed E-state index contributed by atoms with van der Waals surface area (Å²) in [7, 11) is -2.00. The summed E-state index contributed by atoms with van der Waals surface area (Å²) >= 11 is 0. The Morgan fingerprint density at radius 2 is 1.87 bits per heavy atom. The Labute approximate surface area is 92.5 Å². The molecule has 1 aromatic rings. The molecule has 0 saturated carbocycles. The highest BCUT2D eigenvalue weighted by Gasteiger charge is 2.01. The van der Waals surface area contributed by atoms with Gasteiger partial charge in [-0.25, -0.2) is 0 Å². The Hall–Kier alpha value is -0.590. The van der Waals surface area contributed by atoms with Crippen molar-refractivity contribution in [3.05, 3.63) is 30.3 Å². The summed E-state index contributed by atoms with van der Waals surface area (Å²) in [6, 6.07) is 9.40. The van der Waals surface area contributed by atoms with E-state index in [0.717, 1.165) is 11.7 Å². The van der Waals surface area contributed by atoms with Gasteiger partial charge in [0, 0.05) is 5.30 Å². The van der Waals surface area contributed by atoms with E-state index in [-0.39, 0.29) is 0 Å². The quantitative estimate of drug-likeness (QED) is 0.526. The Balaban J connectivity index is 2.20. The first-order chi connectivity index (χ1) is 7.34. The van der Waals surface area contributed by atoms with Gasteiger partial charge in [-0.2, -0.15) is 0 Å². The van der Waals surface area contributed by atoms with Crippen molar-refractivity contribution >= 4 is 13.3 Å². The van der Waals surface area contributed by atoms with Gasteiger partial charge in [0.1, 0.15) is 0 Å². The van der Waals surface area contributed by atoms with Crippen LogP contribution in [0.3, 0.4) is 0 Å². The molecule has 0 aliphatic carbocycles. The highest BCUT2D eigenvalue weighted by molar-refractivity contribution is 7.48. The fourth-order valence-corrected chi connectivity index (χ4v) is 2.31. The molecule has 0 saturated heterocycles. The van der Waals surface area contributed by atoms with Crippen molar-refractivity contribution in [2.45, 2.75) is 32.6 Å². The zero-order chi connectivity index (χ0) is 10.9. The number of rotatable bonds is 7. The Morgan fingerprint density at radius 3 is 2.53 bits per heavy atom. The highest BCUT2D eigenvalue weighted by atomic mass is 31.1. The topological polar surface area (TPSA) is 26.3 Å². The van der Waals surface area contributed by atoms with Crippen molar-refractivity contribution in [3.63, 3.8) is 0 Å². The lowest BCUT2D eigenvalue weighted by Crippen LogP contribution is -1.98. The molecule has 1 rings (SSSR count). The van der Waals surface area contributed by atoms with Crippen molar-refractivity contribution in [3.8, 4) is 0 Å². The van der Waals surface area contributed by atoms with Gasteiger partial charge in [0.2, 0.25) is 8.03 Å². The molecule has 0 heterocycles. The van der Waals surface area contributed by atoms with E-state index in [0.29, 0.717) is 6.61 Å². The van der Waals surface area contributed by atoms with Gasteiger partial charge in [-0.1, -0.05) is 44.4 Å². The fourth-order valence-electron chi connectivity index (χ4n) is 1.35. The van der Waals surface area contributed by atoms with Crippen molar-refractivity contribution in [1.29, 1.82) is 0 Å². The molecule has 3 heteroatoms. The Kier molecular flexibility index (Phi) is 6.38. The molecule has 0 amide bonds. The molecule has 1 aromatic carbocycles. The molecule has 0 N–H and O–H groups in total. The average Bonchev–Trinajstić information content (AvgIpc) is 2.30. The second-order valence-corrected chi connectivity index (χ2v) is 5.00. The average molecular weight is 226 g/mol. The van der Waals surface area contributed by atoms with Crippen LogP contribution in [-0.2, 0) is 9.09 Å². The molecular formula is C12H19O2P. The third kappa shape index (κ3) is 5.15. The predicted octanol–water partition coefficient (Wildman–Crippen LogP) is 3.38. The summed E-state index contributed by atoms with van der Waals surface area (Å²) < 4.78 is 17.0. The van der Waals surface area contributed by atoms with E-state index in [1.165, 1.54) is 19.3 Å². The van der Waals surface area contributed by atoms with Gasteiger partial charge in [-0.05, 0) is 18.6 Å². The lowest BCUT2D eigenvalue weighted by molar-refractivity contribution is 0.322. The van der Waals surface area contributed by atoms with Gasteiger partial charge in [-0.3, -0.25) is 4.57 Å². The first-order valence-electron chi connectivity index (χ1n) is 5.56. The van der Waals surface area contributed by atoms with Crippen LogP contribution in [0.1, 0.15) is 32.6 Å². The maximum Gasteiger partial charge on any atom is 0.220 e. The van der Waals surface area contributed by atoms with Crippen molar-refractivity contribution in [2.75, 3.05) is 6.61 Å². The van der Waals surface area contributed by atoms with E-state index in [2.05, 4.69) is 6.92 Å². The van der Waals surface area contributed by atoms with Crippen LogP contribution < -0.4 is 5.30 Å². The predicted molar refractivity (Wildman–Crippen MR) is 65.2 cm³/mol. The third-order valence-electron chi connectivity index (χ3n) is 2.24. The number of benzene rings is 1. The molecule has 1 unspecified atom stereocenters. The van der Waals surface area contributed by atoms with Crippen LogP contribution in [0.15, 0.2) is 30.3 Å². The minimum absolute atomic E-state index is 0.618. The van der Waals surface area contributed by atoms with Crippen molar-refractivity contribution in [2.24, 2.45) is 0 Å². The SMILES string of the molecule is CCCCCCO[PH](=O)c1ccccc1. The molecular weight excluding hydrogens is 207 g/mol. The summed E-state index contributed by atoms with van der Waals surface area (Å²) in [6.45, 7) is 2.79. The second-order valence-electron chi connectivity index (χ2n) is 3.56. The monoisotopic (exact) mass is 226 g/mol. The van der Waals surface area contributed by atoms with E-state index in [1.807, 2.05) is 30.3 Å². The first kappa shape index (κ1) is 12.5. The maximum atomic E-state index is 11.6. The van der Waals surface area contributed by atoms with Crippen LogP contribution in [0.5, 0.6) is 0 Å². The molecule has 2 nitrogen and oxygen atoms in total. The minimum Gasteiger partial charge on any atom is -0.327 e. The summed E-state index contributed by atoms with van der Waals surface area (Å²) in [6.07, 6.45) is 4.63. The van der Waals surface area contributed by atoms with Crippen LogP contribution in [0.2, 0.25) is 0 Å². The largest absolute Gasteiger partial charge is 0.327 e. The van der Waals surface area contributed by atoms with Gasteiger partial charge < -0.3 is 4.52 Å². The summed E-state index contributed by atoms with van der Waals surface area (Å²) in [5, 5.41) is 0.818. The number of hydrogen-bond acceptors (Lipinski definition) is 2. The molecule has 0 spiro atoms. The Bertz CT molecular complexity index is 285. The lowest BCUT2D eigenvalue weighted by Gasteiger charge is -2.03. The van der Waals surface area contributed by atoms with Crippen molar-refractivity contribution < 1.29 is 9.09 Å². The van der Waals surface area contributed by atoms with Crippen LogP contribution in [0.25, 0.3) is 0 Å². The maximum absolute atomic E-state index is 11.6. The van der Waals surface area contributed by atoms with E-state index >= 15 is 0 Å². The summed E-state index contributed by atoms with van der Waals surface area (Å²) in [4.78, 5) is 0.